The quantitative estimate of drug-likeness (QED) is 0.267. The topological polar surface area (TPSA) is 138 Å². The minimum absolute atomic E-state index is 0.124. The molecule has 1 aliphatic rings. The third-order valence-corrected chi connectivity index (χ3v) is 8.73. The standard InChI is InChI=1S/C27H25ClFN7O4S/c1-2-40-19-10-20(26-21-13-31-33-27(21)34-36(26)14-19)16-3-6-25(30-11-16)35-8-7-17(23(37)15-35)12-32-41(38,39)24-9-18(29)4-5-22(24)28/h3-6,9-14,17,23,37H,2,7-8,15H2,1H3,(H,33,34)/t17?,23-/m0/s1. The van der Waals surface area contributed by atoms with Crippen LogP contribution in [0.3, 0.4) is 0 Å². The average molecular weight is 598 g/mol. The number of aliphatic hydroxyl groups excluding tert-OH is 1. The number of aromatic nitrogens is 5. The lowest BCUT2D eigenvalue weighted by molar-refractivity contribution is 0.127. The van der Waals surface area contributed by atoms with Crippen molar-refractivity contribution >= 4 is 50.2 Å². The zero-order chi connectivity index (χ0) is 28.7. The predicted molar refractivity (Wildman–Crippen MR) is 153 cm³/mol. The van der Waals surface area contributed by atoms with Gasteiger partial charge in [0.05, 0.1) is 41.0 Å². The number of hydrogen-bond acceptors (Lipinski definition) is 8. The number of β-amino-alcohol motifs (C(OH)–C–C–N with tert-alkyl or cyclic N) is 1. The number of anilines is 1. The van der Waals surface area contributed by atoms with Crippen LogP contribution in [-0.4, -0.2) is 70.3 Å². The Morgan fingerprint density at radius 2 is 2.12 bits per heavy atom. The highest BCUT2D eigenvalue weighted by Crippen LogP contribution is 2.34. The summed E-state index contributed by atoms with van der Waals surface area (Å²) in [7, 11) is -4.22. The van der Waals surface area contributed by atoms with Crippen molar-refractivity contribution in [1.29, 1.82) is 0 Å². The molecule has 0 bridgehead atoms. The third kappa shape index (κ3) is 5.23. The van der Waals surface area contributed by atoms with Crippen molar-refractivity contribution in [2.45, 2.75) is 24.3 Å². The SMILES string of the molecule is CCOc1cc(-c2ccc(N3CCC(C=NS(=O)(=O)c4cc(F)ccc4Cl)[C@@H](O)C3)nc2)c2c3cn[nH]c3nn2c1. The van der Waals surface area contributed by atoms with Gasteiger partial charge in [0.2, 0.25) is 0 Å². The van der Waals surface area contributed by atoms with Gasteiger partial charge >= 0.3 is 0 Å². The van der Waals surface area contributed by atoms with E-state index in [2.05, 4.69) is 24.7 Å². The molecule has 1 saturated heterocycles. The lowest BCUT2D eigenvalue weighted by atomic mass is 9.95. The van der Waals surface area contributed by atoms with Crippen LogP contribution < -0.4 is 9.64 Å². The van der Waals surface area contributed by atoms with Crippen LogP contribution in [0, 0.1) is 11.7 Å². The van der Waals surface area contributed by atoms with Crippen LogP contribution in [0.2, 0.25) is 5.02 Å². The number of rotatable bonds is 7. The molecule has 11 nitrogen and oxygen atoms in total. The first-order chi connectivity index (χ1) is 19.7. The molecule has 0 radical (unpaired) electrons. The zero-order valence-corrected chi connectivity index (χ0v) is 23.3. The maximum Gasteiger partial charge on any atom is 0.283 e. The predicted octanol–water partition coefficient (Wildman–Crippen LogP) is 4.11. The number of aromatic amines is 1. The fourth-order valence-electron chi connectivity index (χ4n) is 4.96. The fraction of sp³-hybridized carbons (Fsp3) is 0.259. The minimum Gasteiger partial charge on any atom is -0.492 e. The molecule has 0 spiro atoms. The van der Waals surface area contributed by atoms with Gasteiger partial charge in [0.1, 0.15) is 22.3 Å². The Balaban J connectivity index is 1.20. The minimum atomic E-state index is -4.22. The highest BCUT2D eigenvalue weighted by molar-refractivity contribution is 7.90. The average Bonchev–Trinajstić information content (AvgIpc) is 3.55. The summed E-state index contributed by atoms with van der Waals surface area (Å²) in [5.74, 6) is 0.0925. The van der Waals surface area contributed by atoms with Crippen LogP contribution in [0.1, 0.15) is 13.3 Å². The van der Waals surface area contributed by atoms with Crippen LogP contribution in [0.25, 0.3) is 27.7 Å². The van der Waals surface area contributed by atoms with Gasteiger partial charge in [-0.3, -0.25) is 5.10 Å². The number of nitrogens with one attached hydrogen (secondary N) is 1. The Morgan fingerprint density at radius 1 is 1.27 bits per heavy atom. The second-order valence-corrected chi connectivity index (χ2v) is 11.6. The number of pyridine rings is 2. The van der Waals surface area contributed by atoms with Gasteiger partial charge in [-0.15, -0.1) is 5.10 Å². The second-order valence-electron chi connectivity index (χ2n) is 9.62. The van der Waals surface area contributed by atoms with E-state index in [1.807, 2.05) is 36.2 Å². The Bertz CT molecular complexity index is 1870. The molecule has 14 heteroatoms. The van der Waals surface area contributed by atoms with Gasteiger partial charge in [-0.2, -0.15) is 17.9 Å². The van der Waals surface area contributed by atoms with Gasteiger partial charge in [-0.05, 0) is 49.7 Å². The molecule has 0 saturated carbocycles. The number of hydrogen-bond donors (Lipinski definition) is 2. The Morgan fingerprint density at radius 3 is 2.88 bits per heavy atom. The number of sulfonamides is 1. The summed E-state index contributed by atoms with van der Waals surface area (Å²) in [5, 5.41) is 23.1. The number of fused-ring (bicyclic) bond motifs is 3. The number of aliphatic hydroxyl groups is 1. The van der Waals surface area contributed by atoms with E-state index in [9.17, 15) is 17.9 Å². The number of H-pyrrole nitrogens is 1. The summed E-state index contributed by atoms with van der Waals surface area (Å²) in [6, 6.07) is 8.83. The van der Waals surface area contributed by atoms with Crippen LogP contribution in [0.5, 0.6) is 5.75 Å². The first-order valence-electron chi connectivity index (χ1n) is 12.9. The first kappa shape index (κ1) is 27.1. The smallest absolute Gasteiger partial charge is 0.283 e. The summed E-state index contributed by atoms with van der Waals surface area (Å²) in [6.45, 7) is 3.17. The molecule has 1 fully saturated rings. The van der Waals surface area contributed by atoms with Crippen molar-refractivity contribution in [3.63, 3.8) is 0 Å². The molecular formula is C27H25ClFN7O4S. The molecular weight excluding hydrogens is 573 g/mol. The first-order valence-corrected chi connectivity index (χ1v) is 14.7. The zero-order valence-electron chi connectivity index (χ0n) is 21.8. The van der Waals surface area contributed by atoms with E-state index in [1.54, 1.807) is 16.9 Å². The van der Waals surface area contributed by atoms with E-state index < -0.39 is 32.8 Å². The maximum atomic E-state index is 13.6. The van der Waals surface area contributed by atoms with E-state index in [-0.39, 0.29) is 11.6 Å². The van der Waals surface area contributed by atoms with E-state index in [4.69, 9.17) is 16.3 Å². The number of nitrogens with zero attached hydrogens (tertiary/aromatic N) is 6. The second kappa shape index (κ2) is 10.7. The van der Waals surface area contributed by atoms with E-state index in [1.165, 1.54) is 6.21 Å². The molecule has 1 aromatic carbocycles. The molecule has 0 aliphatic carbocycles. The van der Waals surface area contributed by atoms with Crippen molar-refractivity contribution in [3.05, 3.63) is 65.8 Å². The summed E-state index contributed by atoms with van der Waals surface area (Å²) in [4.78, 5) is 6.17. The van der Waals surface area contributed by atoms with Crippen molar-refractivity contribution < 1.29 is 22.7 Å². The molecule has 212 valence electrons. The van der Waals surface area contributed by atoms with Crippen molar-refractivity contribution in [3.8, 4) is 16.9 Å². The maximum absolute atomic E-state index is 13.6. The number of piperidine rings is 1. The van der Waals surface area contributed by atoms with E-state index in [0.29, 0.717) is 36.8 Å². The van der Waals surface area contributed by atoms with Crippen LogP contribution in [0.4, 0.5) is 10.2 Å². The normalized spacial score (nSPS) is 18.1. The monoisotopic (exact) mass is 597 g/mol. The van der Waals surface area contributed by atoms with Crippen molar-refractivity contribution in [2.24, 2.45) is 10.3 Å². The molecule has 2 N–H and O–H groups in total. The van der Waals surface area contributed by atoms with Crippen LogP contribution >= 0.6 is 11.6 Å². The van der Waals surface area contributed by atoms with Crippen LogP contribution in [0.15, 0.2) is 64.3 Å². The Labute approximate surface area is 239 Å². The Kier molecular flexibility index (Phi) is 7.09. The van der Waals surface area contributed by atoms with Crippen molar-refractivity contribution in [1.82, 2.24) is 24.8 Å². The van der Waals surface area contributed by atoms with Gasteiger partial charge in [0.25, 0.3) is 10.0 Å². The molecule has 1 aliphatic heterocycles. The highest BCUT2D eigenvalue weighted by Gasteiger charge is 2.28. The molecule has 2 atom stereocenters. The molecule has 4 aromatic heterocycles. The lowest BCUT2D eigenvalue weighted by Gasteiger charge is -2.35. The van der Waals surface area contributed by atoms with E-state index >= 15 is 0 Å². The summed E-state index contributed by atoms with van der Waals surface area (Å²) in [5.41, 5.74) is 3.27. The largest absolute Gasteiger partial charge is 0.492 e. The lowest BCUT2D eigenvalue weighted by Crippen LogP contribution is -2.44. The van der Waals surface area contributed by atoms with Gasteiger partial charge in [0.15, 0.2) is 5.65 Å². The molecule has 1 unspecified atom stereocenters. The van der Waals surface area contributed by atoms with E-state index in [0.717, 1.165) is 40.2 Å². The summed E-state index contributed by atoms with van der Waals surface area (Å²) >= 11 is 5.94. The van der Waals surface area contributed by atoms with Gasteiger partial charge in [-0.25, -0.2) is 13.9 Å². The van der Waals surface area contributed by atoms with Gasteiger partial charge < -0.3 is 14.7 Å². The molecule has 5 aromatic rings. The third-order valence-electron chi connectivity index (χ3n) is 6.99. The molecule has 5 heterocycles. The summed E-state index contributed by atoms with van der Waals surface area (Å²) in [6.07, 6.45) is 6.06. The van der Waals surface area contributed by atoms with Crippen molar-refractivity contribution in [2.75, 3.05) is 24.6 Å². The number of ether oxygens (including phenoxy) is 1. The molecule has 0 amide bonds. The highest BCUT2D eigenvalue weighted by atomic mass is 35.5. The van der Waals surface area contributed by atoms with Crippen LogP contribution in [-0.2, 0) is 10.0 Å². The molecule has 6 rings (SSSR count). The van der Waals surface area contributed by atoms with Gasteiger partial charge in [-0.1, -0.05) is 11.6 Å². The summed E-state index contributed by atoms with van der Waals surface area (Å²) < 4.78 is 50.0. The number of halogens is 2. The number of benzene rings is 1. The fourth-order valence-corrected chi connectivity index (χ4v) is 6.38. The molecule has 41 heavy (non-hydrogen) atoms. The Hall–Kier alpha value is -4.07. The van der Waals surface area contributed by atoms with Gasteiger partial charge in [0, 0.05) is 42.5 Å².